The maximum atomic E-state index is 5.32. The van der Waals surface area contributed by atoms with Gasteiger partial charge in [-0.2, -0.15) is 0 Å². The van der Waals surface area contributed by atoms with Crippen LogP contribution in [-0.2, 0) is 6.54 Å². The molecule has 2 N–H and O–H groups in total. The Morgan fingerprint density at radius 3 is 2.76 bits per heavy atom. The third-order valence-electron chi connectivity index (χ3n) is 2.83. The van der Waals surface area contributed by atoms with E-state index in [2.05, 4.69) is 49.6 Å². The van der Waals surface area contributed by atoms with Gasteiger partial charge in [0.25, 0.3) is 0 Å². The molecule has 0 bridgehead atoms. The van der Waals surface area contributed by atoms with Gasteiger partial charge in [-0.1, -0.05) is 19.1 Å². The molecule has 0 heterocycles. The molecule has 0 fully saturated rings. The predicted octanol–water partition coefficient (Wildman–Crippen LogP) is 2.09. The first-order valence-electron chi connectivity index (χ1n) is 6.25. The molecule has 1 unspecified atom stereocenters. The van der Waals surface area contributed by atoms with E-state index in [0.29, 0.717) is 6.04 Å². The first kappa shape index (κ1) is 14.0. The molecule has 1 aromatic rings. The average molecular weight is 236 g/mol. The van der Waals surface area contributed by atoms with Gasteiger partial charge in [0.2, 0.25) is 0 Å². The van der Waals surface area contributed by atoms with Gasteiger partial charge in [-0.05, 0) is 37.6 Å². The lowest BCUT2D eigenvalue weighted by atomic mass is 10.1. The number of ether oxygens (including phenoxy) is 1. The Kier molecular flexibility index (Phi) is 6.01. The van der Waals surface area contributed by atoms with Crippen LogP contribution in [0.5, 0.6) is 5.75 Å². The van der Waals surface area contributed by atoms with E-state index in [9.17, 15) is 0 Å². The highest BCUT2D eigenvalue weighted by molar-refractivity contribution is 5.36. The van der Waals surface area contributed by atoms with Gasteiger partial charge < -0.3 is 15.4 Å². The van der Waals surface area contributed by atoms with Crippen molar-refractivity contribution in [3.63, 3.8) is 0 Å². The van der Waals surface area contributed by atoms with Crippen LogP contribution in [0.2, 0.25) is 0 Å². The number of likely N-dealkylation sites (N-methyl/N-ethyl adjacent to an activating group) is 1. The lowest BCUT2D eigenvalue weighted by molar-refractivity contribution is 0.410. The zero-order valence-electron chi connectivity index (χ0n) is 11.3. The summed E-state index contributed by atoms with van der Waals surface area (Å²) >= 11 is 0. The van der Waals surface area contributed by atoms with E-state index >= 15 is 0 Å². The summed E-state index contributed by atoms with van der Waals surface area (Å²) in [6.07, 6.45) is 0. The van der Waals surface area contributed by atoms with Crippen molar-refractivity contribution < 1.29 is 4.74 Å². The Hall–Kier alpha value is -1.06. The zero-order valence-corrected chi connectivity index (χ0v) is 11.3. The fourth-order valence-electron chi connectivity index (χ4n) is 1.70. The Morgan fingerprint density at radius 1 is 1.35 bits per heavy atom. The van der Waals surface area contributed by atoms with E-state index in [-0.39, 0.29) is 0 Å². The third kappa shape index (κ3) is 4.75. The van der Waals surface area contributed by atoms with Crippen molar-refractivity contribution in [2.45, 2.75) is 33.4 Å². The van der Waals surface area contributed by atoms with Crippen LogP contribution < -0.4 is 15.4 Å². The molecule has 1 atom stereocenters. The number of benzene rings is 1. The third-order valence-corrected chi connectivity index (χ3v) is 2.83. The Balaban J connectivity index is 2.46. The van der Waals surface area contributed by atoms with Crippen molar-refractivity contribution in [3.05, 3.63) is 29.3 Å². The highest BCUT2D eigenvalue weighted by atomic mass is 16.5. The molecule has 0 aliphatic carbocycles. The summed E-state index contributed by atoms with van der Waals surface area (Å²) in [7, 11) is 1.72. The van der Waals surface area contributed by atoms with E-state index in [1.165, 1.54) is 11.1 Å². The molecule has 1 aromatic carbocycles. The van der Waals surface area contributed by atoms with E-state index in [4.69, 9.17) is 4.74 Å². The molecule has 0 aliphatic rings. The number of nitrogens with one attached hydrogen (secondary N) is 2. The summed E-state index contributed by atoms with van der Waals surface area (Å²) in [4.78, 5) is 0. The van der Waals surface area contributed by atoms with Crippen LogP contribution in [0, 0.1) is 6.92 Å². The topological polar surface area (TPSA) is 33.3 Å². The molecule has 0 amide bonds. The molecule has 0 aromatic heterocycles. The largest absolute Gasteiger partial charge is 0.496 e. The minimum absolute atomic E-state index is 0.474. The Labute approximate surface area is 105 Å². The number of hydrogen-bond donors (Lipinski definition) is 2. The lowest BCUT2D eigenvalue weighted by Gasteiger charge is -2.15. The van der Waals surface area contributed by atoms with Crippen LogP contribution in [0.4, 0.5) is 0 Å². The number of aryl methyl sites for hydroxylation is 1. The molecule has 0 aliphatic heterocycles. The van der Waals surface area contributed by atoms with E-state index in [1.54, 1.807) is 7.11 Å². The van der Waals surface area contributed by atoms with Crippen LogP contribution in [0.15, 0.2) is 18.2 Å². The van der Waals surface area contributed by atoms with Crippen LogP contribution >= 0.6 is 0 Å². The molecule has 0 radical (unpaired) electrons. The van der Waals surface area contributed by atoms with Gasteiger partial charge in [0, 0.05) is 19.1 Å². The minimum atomic E-state index is 0.474. The summed E-state index contributed by atoms with van der Waals surface area (Å²) in [6.45, 7) is 9.27. The highest BCUT2D eigenvalue weighted by Gasteiger charge is 2.03. The maximum absolute atomic E-state index is 5.32. The van der Waals surface area contributed by atoms with Crippen molar-refractivity contribution in [1.29, 1.82) is 0 Å². The second kappa shape index (κ2) is 7.30. The molecular weight excluding hydrogens is 212 g/mol. The molecule has 0 saturated carbocycles. The van der Waals surface area contributed by atoms with Gasteiger partial charge in [0.05, 0.1) is 7.11 Å². The van der Waals surface area contributed by atoms with E-state index < -0.39 is 0 Å². The molecule has 0 saturated heterocycles. The van der Waals surface area contributed by atoms with Crippen LogP contribution in [0.25, 0.3) is 0 Å². The quantitative estimate of drug-likeness (QED) is 0.760. The SMILES string of the molecule is CCNCC(C)NCc1ccc(C)c(OC)c1. The van der Waals surface area contributed by atoms with E-state index in [1.807, 2.05) is 0 Å². The predicted molar refractivity (Wildman–Crippen MR) is 72.6 cm³/mol. The first-order chi connectivity index (χ1) is 8.17. The van der Waals surface area contributed by atoms with Gasteiger partial charge in [0.1, 0.15) is 5.75 Å². The normalized spacial score (nSPS) is 12.5. The smallest absolute Gasteiger partial charge is 0.122 e. The molecule has 96 valence electrons. The van der Waals surface area contributed by atoms with Crippen LogP contribution in [0.1, 0.15) is 25.0 Å². The van der Waals surface area contributed by atoms with Crippen molar-refractivity contribution in [1.82, 2.24) is 10.6 Å². The molecule has 3 heteroatoms. The average Bonchev–Trinajstić information content (AvgIpc) is 2.35. The molecule has 1 rings (SSSR count). The molecule has 3 nitrogen and oxygen atoms in total. The summed E-state index contributed by atoms with van der Waals surface area (Å²) in [5.41, 5.74) is 2.44. The Bertz CT molecular complexity index is 339. The minimum Gasteiger partial charge on any atom is -0.496 e. The van der Waals surface area contributed by atoms with Gasteiger partial charge in [0.15, 0.2) is 0 Å². The van der Waals surface area contributed by atoms with Gasteiger partial charge in [-0.25, -0.2) is 0 Å². The standard InChI is InChI=1S/C14H24N2O/c1-5-15-9-12(3)16-10-13-7-6-11(2)14(8-13)17-4/h6-8,12,15-16H,5,9-10H2,1-4H3. The second-order valence-corrected chi connectivity index (χ2v) is 4.39. The van der Waals surface area contributed by atoms with Crippen molar-refractivity contribution in [2.75, 3.05) is 20.2 Å². The summed E-state index contributed by atoms with van der Waals surface area (Å²) in [6, 6.07) is 6.82. The maximum Gasteiger partial charge on any atom is 0.122 e. The van der Waals surface area contributed by atoms with Gasteiger partial charge in [-0.3, -0.25) is 0 Å². The summed E-state index contributed by atoms with van der Waals surface area (Å²) in [5.74, 6) is 0.962. The lowest BCUT2D eigenvalue weighted by Crippen LogP contribution is -2.35. The van der Waals surface area contributed by atoms with Crippen molar-refractivity contribution in [3.8, 4) is 5.75 Å². The second-order valence-electron chi connectivity index (χ2n) is 4.39. The van der Waals surface area contributed by atoms with Gasteiger partial charge >= 0.3 is 0 Å². The van der Waals surface area contributed by atoms with Gasteiger partial charge in [-0.15, -0.1) is 0 Å². The fraction of sp³-hybridized carbons (Fsp3) is 0.571. The molecular formula is C14H24N2O. The molecule has 17 heavy (non-hydrogen) atoms. The van der Waals surface area contributed by atoms with Crippen molar-refractivity contribution >= 4 is 0 Å². The monoisotopic (exact) mass is 236 g/mol. The number of hydrogen-bond acceptors (Lipinski definition) is 3. The molecule has 0 spiro atoms. The first-order valence-corrected chi connectivity index (χ1v) is 6.25. The number of methoxy groups -OCH3 is 1. The van der Waals surface area contributed by atoms with Crippen molar-refractivity contribution in [2.24, 2.45) is 0 Å². The van der Waals surface area contributed by atoms with Crippen LogP contribution in [-0.4, -0.2) is 26.2 Å². The number of rotatable bonds is 7. The fourth-order valence-corrected chi connectivity index (χ4v) is 1.70. The summed E-state index contributed by atoms with van der Waals surface area (Å²) < 4.78 is 5.32. The Morgan fingerprint density at radius 2 is 2.12 bits per heavy atom. The summed E-state index contributed by atoms with van der Waals surface area (Å²) in [5, 5.41) is 6.82. The van der Waals surface area contributed by atoms with Crippen LogP contribution in [0.3, 0.4) is 0 Å². The highest BCUT2D eigenvalue weighted by Crippen LogP contribution is 2.18. The zero-order chi connectivity index (χ0) is 12.7. The van der Waals surface area contributed by atoms with E-state index in [0.717, 1.165) is 25.4 Å².